The SMILES string of the molecule is Fc1ccc(F)c([CH2][SnH])c1. The Morgan fingerprint density at radius 2 is 2.00 bits per heavy atom. The van der Waals surface area contributed by atoms with E-state index in [9.17, 15) is 8.78 Å². The van der Waals surface area contributed by atoms with Gasteiger partial charge < -0.3 is 0 Å². The molecule has 0 spiro atoms. The van der Waals surface area contributed by atoms with Crippen molar-refractivity contribution in [3.05, 3.63) is 35.4 Å². The van der Waals surface area contributed by atoms with Crippen molar-refractivity contribution < 1.29 is 8.78 Å². The van der Waals surface area contributed by atoms with Crippen molar-refractivity contribution in [2.75, 3.05) is 0 Å². The molecule has 0 heterocycles. The Balaban J connectivity index is 3.09. The molecule has 52 valence electrons. The van der Waals surface area contributed by atoms with Crippen LogP contribution in [0.2, 0.25) is 0 Å². The number of benzene rings is 1. The predicted molar refractivity (Wildman–Crippen MR) is 37.2 cm³/mol. The molecule has 1 aromatic carbocycles. The first-order valence-electron chi connectivity index (χ1n) is 2.88. The summed E-state index contributed by atoms with van der Waals surface area (Å²) in [6.07, 6.45) is 0. The van der Waals surface area contributed by atoms with Gasteiger partial charge in [-0.1, -0.05) is 0 Å². The summed E-state index contributed by atoms with van der Waals surface area (Å²) in [5, 5.41) is 0. The minimum atomic E-state index is -0.356. The van der Waals surface area contributed by atoms with E-state index in [0.717, 1.165) is 28.6 Å². The van der Waals surface area contributed by atoms with Crippen molar-refractivity contribution in [1.82, 2.24) is 0 Å². The van der Waals surface area contributed by atoms with E-state index >= 15 is 0 Å². The average Bonchev–Trinajstić information content (AvgIpc) is 1.94. The Kier molecular flexibility index (Phi) is 2.65. The van der Waals surface area contributed by atoms with Gasteiger partial charge in [-0.2, -0.15) is 0 Å². The van der Waals surface area contributed by atoms with E-state index in [-0.39, 0.29) is 11.6 Å². The van der Waals surface area contributed by atoms with E-state index in [1.807, 2.05) is 0 Å². The second-order valence-corrected chi connectivity index (χ2v) is 3.11. The normalized spacial score (nSPS) is 9.90. The first-order valence-corrected chi connectivity index (χ1v) is 5.21. The molecule has 1 aromatic rings. The molecule has 0 amide bonds. The van der Waals surface area contributed by atoms with Gasteiger partial charge in [-0.05, 0) is 0 Å². The fourth-order valence-electron chi connectivity index (χ4n) is 0.700. The van der Waals surface area contributed by atoms with Crippen LogP contribution in [0.1, 0.15) is 5.56 Å². The molecule has 0 saturated heterocycles. The van der Waals surface area contributed by atoms with Gasteiger partial charge in [0, 0.05) is 0 Å². The maximum absolute atomic E-state index is 12.6. The number of rotatable bonds is 1. The van der Waals surface area contributed by atoms with E-state index in [2.05, 4.69) is 0 Å². The molecule has 0 saturated carbocycles. The van der Waals surface area contributed by atoms with Crippen LogP contribution in [0.15, 0.2) is 18.2 Å². The third-order valence-electron chi connectivity index (χ3n) is 1.23. The van der Waals surface area contributed by atoms with Crippen LogP contribution in [0.25, 0.3) is 0 Å². The summed E-state index contributed by atoms with van der Waals surface area (Å²) in [7, 11) is 0. The molecule has 0 aliphatic rings. The molecule has 1 rings (SSSR count). The summed E-state index contributed by atoms with van der Waals surface area (Å²) in [6.45, 7) is 0. The minimum absolute atomic E-state index is 0.297. The molecular formula is C7H6F2Sn. The van der Waals surface area contributed by atoms with E-state index in [1.54, 1.807) is 0 Å². The van der Waals surface area contributed by atoms with Crippen LogP contribution >= 0.6 is 0 Å². The van der Waals surface area contributed by atoms with Gasteiger partial charge in [-0.15, -0.1) is 0 Å². The molecule has 0 unspecified atom stereocenters. The molecule has 0 bridgehead atoms. The van der Waals surface area contributed by atoms with Crippen LogP contribution in [0.5, 0.6) is 0 Å². The molecule has 3 heteroatoms. The maximum atomic E-state index is 12.6. The molecule has 0 nitrogen and oxygen atoms in total. The molecule has 0 N–H and O–H groups in total. The van der Waals surface area contributed by atoms with Crippen molar-refractivity contribution in [3.8, 4) is 0 Å². The summed E-state index contributed by atoms with van der Waals surface area (Å²) in [5.41, 5.74) is 0.488. The third-order valence-corrected chi connectivity index (χ3v) is 2.48. The van der Waals surface area contributed by atoms with Gasteiger partial charge in [-0.3, -0.25) is 0 Å². The Labute approximate surface area is 71.3 Å². The van der Waals surface area contributed by atoms with Crippen molar-refractivity contribution in [2.24, 2.45) is 0 Å². The zero-order valence-corrected chi connectivity index (χ0v) is 8.57. The molecule has 0 aliphatic heterocycles. The van der Waals surface area contributed by atoms with Gasteiger partial charge in [-0.25, -0.2) is 0 Å². The van der Waals surface area contributed by atoms with Gasteiger partial charge in [0.15, 0.2) is 0 Å². The standard InChI is InChI=1S/C7H5F2.Sn.H/c1-5-4-6(8)2-3-7(5)9;;/h2-4H,1H2;;. The van der Waals surface area contributed by atoms with Gasteiger partial charge >= 0.3 is 71.1 Å². The Hall–Kier alpha value is -0.121. The Morgan fingerprint density at radius 1 is 1.30 bits per heavy atom. The van der Waals surface area contributed by atoms with Gasteiger partial charge in [0.05, 0.1) is 0 Å². The zero-order chi connectivity index (χ0) is 7.56. The first-order chi connectivity index (χ1) is 4.74. The third kappa shape index (κ3) is 1.68. The number of hydrogen-bond acceptors (Lipinski definition) is 0. The molecule has 10 heavy (non-hydrogen) atoms. The van der Waals surface area contributed by atoms with Crippen LogP contribution < -0.4 is 0 Å². The summed E-state index contributed by atoms with van der Waals surface area (Å²) < 4.78 is 25.7. The van der Waals surface area contributed by atoms with Crippen LogP contribution in [0.3, 0.4) is 0 Å². The Morgan fingerprint density at radius 3 is 2.50 bits per heavy atom. The van der Waals surface area contributed by atoms with E-state index < -0.39 is 0 Å². The molecular weight excluding hydrogens is 241 g/mol. The summed E-state index contributed by atoms with van der Waals surface area (Å²) >= 11 is 0.925. The molecule has 2 radical (unpaired) electrons. The molecule has 0 aliphatic carbocycles. The van der Waals surface area contributed by atoms with Crippen LogP contribution in [-0.4, -0.2) is 22.5 Å². The number of halogens is 2. The fourth-order valence-corrected chi connectivity index (χ4v) is 1.59. The van der Waals surface area contributed by atoms with Crippen molar-refractivity contribution in [1.29, 1.82) is 0 Å². The quantitative estimate of drug-likeness (QED) is 0.657. The van der Waals surface area contributed by atoms with Crippen molar-refractivity contribution in [2.45, 2.75) is 4.44 Å². The second kappa shape index (κ2) is 3.32. The van der Waals surface area contributed by atoms with Gasteiger partial charge in [0.25, 0.3) is 0 Å². The average molecular weight is 247 g/mol. The topological polar surface area (TPSA) is 0 Å². The van der Waals surface area contributed by atoms with Crippen molar-refractivity contribution >= 4 is 22.5 Å². The van der Waals surface area contributed by atoms with Crippen LogP contribution in [0.4, 0.5) is 8.78 Å². The van der Waals surface area contributed by atoms with E-state index in [4.69, 9.17) is 0 Å². The number of hydrogen-bond donors (Lipinski definition) is 0. The molecule has 0 atom stereocenters. The summed E-state index contributed by atoms with van der Waals surface area (Å²) in [5.74, 6) is -0.653. The molecule has 0 aromatic heterocycles. The molecule has 0 fully saturated rings. The van der Waals surface area contributed by atoms with Crippen molar-refractivity contribution in [3.63, 3.8) is 0 Å². The first kappa shape index (κ1) is 7.98. The van der Waals surface area contributed by atoms with Crippen LogP contribution in [-0.2, 0) is 4.44 Å². The fraction of sp³-hybridized carbons (Fsp3) is 0.143. The van der Waals surface area contributed by atoms with E-state index in [0.29, 0.717) is 10.0 Å². The van der Waals surface area contributed by atoms with Gasteiger partial charge in [0.1, 0.15) is 0 Å². The summed E-state index contributed by atoms with van der Waals surface area (Å²) in [6, 6.07) is 3.55. The Bertz CT molecular complexity index is 235. The van der Waals surface area contributed by atoms with E-state index in [1.165, 1.54) is 12.1 Å². The second-order valence-electron chi connectivity index (χ2n) is 1.94. The monoisotopic (exact) mass is 248 g/mol. The zero-order valence-electron chi connectivity index (χ0n) is 5.27. The predicted octanol–water partition coefficient (Wildman–Crippen LogP) is 1.37. The van der Waals surface area contributed by atoms with Gasteiger partial charge in [0.2, 0.25) is 0 Å². The summed E-state index contributed by atoms with van der Waals surface area (Å²) in [4.78, 5) is 0. The van der Waals surface area contributed by atoms with Crippen LogP contribution in [0, 0.1) is 11.6 Å².